The fraction of sp³-hybridized carbons (Fsp3) is 0.240. The van der Waals surface area contributed by atoms with Gasteiger partial charge in [0.1, 0.15) is 0 Å². The largest absolute Gasteiger partial charge is 0.481 e. The number of amides is 1. The van der Waals surface area contributed by atoms with Crippen LogP contribution < -0.4 is 5.32 Å². The number of halogens is 1. The van der Waals surface area contributed by atoms with E-state index in [0.29, 0.717) is 22.9 Å². The van der Waals surface area contributed by atoms with Gasteiger partial charge in [-0.15, -0.1) is 23.5 Å². The highest BCUT2D eigenvalue weighted by molar-refractivity contribution is 8.16. The van der Waals surface area contributed by atoms with Crippen molar-refractivity contribution in [3.05, 3.63) is 76.4 Å². The van der Waals surface area contributed by atoms with Crippen LogP contribution >= 0.6 is 35.1 Å². The van der Waals surface area contributed by atoms with Crippen molar-refractivity contribution in [3.63, 3.8) is 0 Å². The second-order valence-electron chi connectivity index (χ2n) is 7.22. The van der Waals surface area contributed by atoms with E-state index in [0.717, 1.165) is 27.7 Å². The first-order chi connectivity index (χ1) is 15.9. The Morgan fingerprint density at radius 2 is 1.82 bits per heavy atom. The number of carboxylic acids is 1. The highest BCUT2D eigenvalue weighted by Crippen LogP contribution is 2.40. The minimum atomic E-state index is -0.808. The van der Waals surface area contributed by atoms with Crippen molar-refractivity contribution in [3.8, 4) is 0 Å². The summed E-state index contributed by atoms with van der Waals surface area (Å²) in [5.41, 5.74) is 3.80. The first-order valence-electron chi connectivity index (χ1n) is 10.4. The SMILES string of the molecule is CNC(=O)CCS[C@H](SCCC(=O)O)c1cccc(/C=C/c2ccc3ccc(Cl)cc3n2)c1. The van der Waals surface area contributed by atoms with Gasteiger partial charge in [-0.25, -0.2) is 4.98 Å². The molecule has 0 saturated carbocycles. The summed E-state index contributed by atoms with van der Waals surface area (Å²) in [4.78, 5) is 27.2. The van der Waals surface area contributed by atoms with Crippen LogP contribution in [0.3, 0.4) is 0 Å². The Labute approximate surface area is 207 Å². The molecular formula is C25H25ClN2O3S2. The van der Waals surface area contributed by atoms with E-state index in [9.17, 15) is 9.59 Å². The van der Waals surface area contributed by atoms with Crippen LogP contribution in [0.4, 0.5) is 0 Å². The lowest BCUT2D eigenvalue weighted by Gasteiger charge is -2.17. The van der Waals surface area contributed by atoms with Crippen LogP contribution in [0.5, 0.6) is 0 Å². The van der Waals surface area contributed by atoms with E-state index in [1.807, 2.05) is 60.7 Å². The van der Waals surface area contributed by atoms with E-state index < -0.39 is 5.97 Å². The van der Waals surface area contributed by atoms with Crippen LogP contribution in [0.25, 0.3) is 23.1 Å². The third kappa shape index (κ3) is 8.11. The number of thioether (sulfide) groups is 2. The van der Waals surface area contributed by atoms with Crippen LogP contribution in [0.2, 0.25) is 5.02 Å². The topological polar surface area (TPSA) is 79.3 Å². The number of rotatable bonds is 11. The number of fused-ring (bicyclic) bond motifs is 1. The van der Waals surface area contributed by atoms with Gasteiger partial charge >= 0.3 is 5.97 Å². The first-order valence-corrected chi connectivity index (χ1v) is 12.9. The zero-order valence-corrected chi connectivity index (χ0v) is 20.6. The molecular weight excluding hydrogens is 476 g/mol. The van der Waals surface area contributed by atoms with Gasteiger partial charge in [-0.2, -0.15) is 0 Å². The quantitative estimate of drug-likeness (QED) is 0.308. The second-order valence-corrected chi connectivity index (χ2v) is 10.4. The first kappa shape index (κ1) is 25.1. The Balaban J connectivity index is 1.74. The number of nitrogens with zero attached hydrogens (tertiary/aromatic N) is 1. The van der Waals surface area contributed by atoms with Gasteiger partial charge in [-0.1, -0.05) is 48.0 Å². The zero-order valence-electron chi connectivity index (χ0n) is 18.2. The Morgan fingerprint density at radius 3 is 2.58 bits per heavy atom. The Hall–Kier alpha value is -2.48. The second kappa shape index (κ2) is 12.7. The molecule has 0 fully saturated rings. The normalized spacial score (nSPS) is 12.2. The molecule has 0 aliphatic rings. The molecule has 0 radical (unpaired) electrons. The number of aromatic nitrogens is 1. The summed E-state index contributed by atoms with van der Waals surface area (Å²) in [6.45, 7) is 0. The van der Waals surface area contributed by atoms with Crippen molar-refractivity contribution >= 4 is 70.1 Å². The Kier molecular flexibility index (Phi) is 9.66. The Morgan fingerprint density at radius 1 is 1.06 bits per heavy atom. The van der Waals surface area contributed by atoms with Crippen LogP contribution in [0.15, 0.2) is 54.6 Å². The molecule has 5 nitrogen and oxygen atoms in total. The van der Waals surface area contributed by atoms with Crippen LogP contribution in [-0.2, 0) is 9.59 Å². The van der Waals surface area contributed by atoms with Crippen molar-refractivity contribution in [1.29, 1.82) is 0 Å². The van der Waals surface area contributed by atoms with Crippen molar-refractivity contribution in [1.82, 2.24) is 10.3 Å². The molecule has 2 aromatic carbocycles. The summed E-state index contributed by atoms with van der Waals surface area (Å²) in [6.07, 6.45) is 4.50. The van der Waals surface area contributed by atoms with Crippen LogP contribution in [0, 0.1) is 0 Å². The number of hydrogen-bond donors (Lipinski definition) is 2. The molecule has 0 spiro atoms. The molecule has 1 heterocycles. The molecule has 8 heteroatoms. The summed E-state index contributed by atoms with van der Waals surface area (Å²) in [5, 5.41) is 13.3. The molecule has 0 saturated heterocycles. The fourth-order valence-electron chi connectivity index (χ4n) is 3.07. The molecule has 0 bridgehead atoms. The number of hydrogen-bond acceptors (Lipinski definition) is 5. The molecule has 1 amide bonds. The average Bonchev–Trinajstić information content (AvgIpc) is 2.81. The Bertz CT molecular complexity index is 1150. The molecule has 2 N–H and O–H groups in total. The van der Waals surface area contributed by atoms with Crippen LogP contribution in [0.1, 0.15) is 34.2 Å². The minimum Gasteiger partial charge on any atom is -0.481 e. The summed E-state index contributed by atoms with van der Waals surface area (Å²) in [7, 11) is 1.63. The van der Waals surface area contributed by atoms with Crippen molar-refractivity contribution in [2.24, 2.45) is 0 Å². The number of carbonyl (C=O) groups excluding carboxylic acids is 1. The molecule has 1 aromatic heterocycles. The van der Waals surface area contributed by atoms with Gasteiger partial charge in [0.2, 0.25) is 5.91 Å². The smallest absolute Gasteiger partial charge is 0.304 e. The monoisotopic (exact) mass is 500 g/mol. The van der Waals surface area contributed by atoms with Gasteiger partial charge in [0.05, 0.1) is 22.2 Å². The molecule has 0 aliphatic carbocycles. The maximum atomic E-state index is 11.6. The molecule has 3 aromatic rings. The molecule has 3 rings (SSSR count). The van der Waals surface area contributed by atoms with Crippen molar-refractivity contribution in [2.75, 3.05) is 18.6 Å². The van der Waals surface area contributed by atoms with E-state index >= 15 is 0 Å². The number of carbonyl (C=O) groups is 2. The molecule has 1 atom stereocenters. The molecule has 0 unspecified atom stereocenters. The lowest BCUT2D eigenvalue weighted by atomic mass is 10.1. The maximum absolute atomic E-state index is 11.6. The summed E-state index contributed by atoms with van der Waals surface area (Å²) < 4.78 is 0.0447. The van der Waals surface area contributed by atoms with Gasteiger partial charge < -0.3 is 10.4 Å². The molecule has 172 valence electrons. The number of carboxylic acid groups (broad SMARTS) is 1. The molecule has 33 heavy (non-hydrogen) atoms. The van der Waals surface area contributed by atoms with Crippen LogP contribution in [-0.4, -0.2) is 40.5 Å². The summed E-state index contributed by atoms with van der Waals surface area (Å²) >= 11 is 9.34. The predicted molar refractivity (Wildman–Crippen MR) is 141 cm³/mol. The average molecular weight is 501 g/mol. The van der Waals surface area contributed by atoms with Gasteiger partial charge in [0.25, 0.3) is 0 Å². The highest BCUT2D eigenvalue weighted by atomic mass is 35.5. The highest BCUT2D eigenvalue weighted by Gasteiger charge is 2.14. The predicted octanol–water partition coefficient (Wildman–Crippen LogP) is 6.13. The van der Waals surface area contributed by atoms with E-state index in [4.69, 9.17) is 16.7 Å². The maximum Gasteiger partial charge on any atom is 0.304 e. The van der Waals surface area contributed by atoms with Gasteiger partial charge in [0, 0.05) is 35.4 Å². The number of aliphatic carboxylic acids is 1. The van der Waals surface area contributed by atoms with E-state index in [1.165, 1.54) is 0 Å². The third-order valence-electron chi connectivity index (χ3n) is 4.77. The third-order valence-corrected chi connectivity index (χ3v) is 7.85. The lowest BCUT2D eigenvalue weighted by Crippen LogP contribution is -2.18. The van der Waals surface area contributed by atoms with Gasteiger partial charge in [-0.3, -0.25) is 9.59 Å². The zero-order chi connectivity index (χ0) is 23.6. The lowest BCUT2D eigenvalue weighted by molar-refractivity contribution is -0.136. The number of pyridine rings is 1. The molecule has 0 aliphatic heterocycles. The number of benzene rings is 2. The van der Waals surface area contributed by atoms with E-state index in [1.54, 1.807) is 30.6 Å². The van der Waals surface area contributed by atoms with E-state index in [-0.39, 0.29) is 16.9 Å². The number of nitrogens with one attached hydrogen (secondary N) is 1. The van der Waals surface area contributed by atoms with Gasteiger partial charge in [0.15, 0.2) is 0 Å². The summed E-state index contributed by atoms with van der Waals surface area (Å²) in [6, 6.07) is 17.8. The summed E-state index contributed by atoms with van der Waals surface area (Å²) in [5.74, 6) is 0.361. The standard InChI is InChI=1S/C25H25ClN2O3S2/c1-27-23(29)11-13-32-25(33-14-12-24(30)31)19-4-2-3-17(15-19)5-9-21-10-7-18-6-8-20(26)16-22(18)28-21/h2-10,15-16,25H,11-14H2,1H3,(H,27,29)(H,30,31)/b9-5+/t25-/m1/s1. The van der Waals surface area contributed by atoms with Gasteiger partial charge in [-0.05, 0) is 41.5 Å². The van der Waals surface area contributed by atoms with Crippen molar-refractivity contribution < 1.29 is 14.7 Å². The fourth-order valence-corrected chi connectivity index (χ4v) is 5.90. The minimum absolute atomic E-state index is 0.00218. The van der Waals surface area contributed by atoms with E-state index in [2.05, 4.69) is 16.4 Å². The van der Waals surface area contributed by atoms with Crippen molar-refractivity contribution in [2.45, 2.75) is 17.4 Å².